The van der Waals surface area contributed by atoms with Crippen molar-refractivity contribution in [2.24, 2.45) is 0 Å². The maximum Gasteiger partial charge on any atom is 0.162 e. The number of carbonyl (C=O) groups excluding carboxylic acids is 1. The van der Waals surface area contributed by atoms with E-state index in [9.17, 15) is 4.79 Å². The van der Waals surface area contributed by atoms with Crippen molar-refractivity contribution in [3.8, 4) is 0 Å². The van der Waals surface area contributed by atoms with Gasteiger partial charge in [-0.1, -0.05) is 45.3 Å². The van der Waals surface area contributed by atoms with Crippen LogP contribution in [-0.2, 0) is 4.79 Å². The molecule has 0 aromatic rings. The number of unbranched alkanes of at least 4 members (excludes halogenated alkanes) is 3. The van der Waals surface area contributed by atoms with Crippen LogP contribution in [-0.4, -0.2) is 5.78 Å². The number of Topliss-reactive ketones (excluding diaryl/α,β-unsaturated/α-hetero) is 1. The van der Waals surface area contributed by atoms with E-state index >= 15 is 0 Å². The van der Waals surface area contributed by atoms with Crippen molar-refractivity contribution in [3.05, 3.63) is 24.3 Å². The molecule has 0 aromatic carbocycles. The van der Waals surface area contributed by atoms with Gasteiger partial charge in [0.2, 0.25) is 0 Å². The van der Waals surface area contributed by atoms with E-state index in [2.05, 4.69) is 26.5 Å². The van der Waals surface area contributed by atoms with E-state index in [0.29, 0.717) is 6.42 Å². The molecular formula is C14H24O. The molecule has 0 radical (unpaired) electrons. The molecule has 0 atom stereocenters. The molecule has 0 bridgehead atoms. The van der Waals surface area contributed by atoms with Crippen LogP contribution in [0.15, 0.2) is 24.3 Å². The average molecular weight is 208 g/mol. The van der Waals surface area contributed by atoms with E-state index in [-0.39, 0.29) is 5.78 Å². The van der Waals surface area contributed by atoms with Gasteiger partial charge in [-0.3, -0.25) is 4.79 Å². The van der Waals surface area contributed by atoms with Crippen molar-refractivity contribution in [1.82, 2.24) is 0 Å². The van der Waals surface area contributed by atoms with Crippen molar-refractivity contribution >= 4 is 5.78 Å². The molecule has 86 valence electrons. The first-order valence-corrected chi connectivity index (χ1v) is 6.09. The Balaban J connectivity index is 4.21. The van der Waals surface area contributed by atoms with E-state index in [1.54, 1.807) is 6.08 Å². The summed E-state index contributed by atoms with van der Waals surface area (Å²) in [5.74, 6) is 0.259. The molecule has 0 heterocycles. The SMILES string of the molecule is C=CCC(=O)/C(=C/CCCC)CCCC. The lowest BCUT2D eigenvalue weighted by Gasteiger charge is -2.04. The molecule has 1 heteroatoms. The molecule has 0 fully saturated rings. The van der Waals surface area contributed by atoms with Crippen LogP contribution in [0.1, 0.15) is 58.8 Å². The minimum Gasteiger partial charge on any atom is -0.294 e. The molecule has 0 saturated heterocycles. The second-order valence-electron chi connectivity index (χ2n) is 3.89. The fourth-order valence-electron chi connectivity index (χ4n) is 1.47. The number of carbonyl (C=O) groups is 1. The number of ketones is 1. The van der Waals surface area contributed by atoms with Gasteiger partial charge in [0.25, 0.3) is 0 Å². The highest BCUT2D eigenvalue weighted by Crippen LogP contribution is 2.13. The molecule has 0 amide bonds. The largest absolute Gasteiger partial charge is 0.294 e. The number of hydrogen-bond acceptors (Lipinski definition) is 1. The van der Waals surface area contributed by atoms with Gasteiger partial charge in [0.05, 0.1) is 0 Å². The number of rotatable bonds is 9. The zero-order chi connectivity index (χ0) is 11.5. The Labute approximate surface area is 94.3 Å². The minimum absolute atomic E-state index is 0.259. The highest BCUT2D eigenvalue weighted by molar-refractivity contribution is 5.96. The highest BCUT2D eigenvalue weighted by atomic mass is 16.1. The molecule has 0 aromatic heterocycles. The molecule has 0 aliphatic carbocycles. The summed E-state index contributed by atoms with van der Waals surface area (Å²) >= 11 is 0. The second-order valence-corrected chi connectivity index (χ2v) is 3.89. The number of hydrogen-bond donors (Lipinski definition) is 0. The lowest BCUT2D eigenvalue weighted by atomic mass is 10.0. The van der Waals surface area contributed by atoms with Crippen LogP contribution >= 0.6 is 0 Å². The van der Waals surface area contributed by atoms with Crippen molar-refractivity contribution in [1.29, 1.82) is 0 Å². The van der Waals surface area contributed by atoms with Crippen LogP contribution in [0.5, 0.6) is 0 Å². The summed E-state index contributed by atoms with van der Waals surface area (Å²) in [4.78, 5) is 11.7. The molecule has 0 aliphatic rings. The summed E-state index contributed by atoms with van der Waals surface area (Å²) in [6.07, 6.45) is 10.9. The summed E-state index contributed by atoms with van der Waals surface area (Å²) in [5.41, 5.74) is 1.02. The van der Waals surface area contributed by atoms with Gasteiger partial charge in [0.1, 0.15) is 0 Å². The summed E-state index contributed by atoms with van der Waals surface area (Å²) in [6, 6.07) is 0. The van der Waals surface area contributed by atoms with Crippen molar-refractivity contribution in [3.63, 3.8) is 0 Å². The molecule has 1 nitrogen and oxygen atoms in total. The lowest BCUT2D eigenvalue weighted by Crippen LogP contribution is -2.01. The Morgan fingerprint density at radius 1 is 1.20 bits per heavy atom. The van der Waals surface area contributed by atoms with Gasteiger partial charge in [-0.25, -0.2) is 0 Å². The zero-order valence-corrected chi connectivity index (χ0v) is 10.2. The molecule has 15 heavy (non-hydrogen) atoms. The third-order valence-corrected chi connectivity index (χ3v) is 2.44. The number of allylic oxidation sites excluding steroid dienone is 3. The normalized spacial score (nSPS) is 11.5. The Bertz CT molecular complexity index is 213. The highest BCUT2D eigenvalue weighted by Gasteiger charge is 2.06. The first kappa shape index (κ1) is 14.2. The van der Waals surface area contributed by atoms with Gasteiger partial charge < -0.3 is 0 Å². The standard InChI is InChI=1S/C14H24O/c1-4-7-9-12-13(11-8-5-2)14(15)10-6-3/h6,12H,3-5,7-11H2,1-2H3/b13-12+. The molecule has 0 rings (SSSR count). The fourth-order valence-corrected chi connectivity index (χ4v) is 1.47. The Morgan fingerprint density at radius 3 is 2.40 bits per heavy atom. The van der Waals surface area contributed by atoms with Gasteiger partial charge in [0, 0.05) is 6.42 Å². The van der Waals surface area contributed by atoms with Gasteiger partial charge in [0.15, 0.2) is 5.78 Å². The van der Waals surface area contributed by atoms with Crippen LogP contribution in [0.4, 0.5) is 0 Å². The smallest absolute Gasteiger partial charge is 0.162 e. The van der Waals surface area contributed by atoms with Crippen molar-refractivity contribution in [2.75, 3.05) is 0 Å². The maximum absolute atomic E-state index is 11.7. The Hall–Kier alpha value is -0.850. The molecule has 0 aliphatic heterocycles. The van der Waals surface area contributed by atoms with E-state index < -0.39 is 0 Å². The Morgan fingerprint density at radius 2 is 1.87 bits per heavy atom. The first-order valence-electron chi connectivity index (χ1n) is 6.09. The lowest BCUT2D eigenvalue weighted by molar-refractivity contribution is -0.115. The summed E-state index contributed by atoms with van der Waals surface area (Å²) in [7, 11) is 0. The Kier molecular flexibility index (Phi) is 9.15. The van der Waals surface area contributed by atoms with Crippen LogP contribution in [0.25, 0.3) is 0 Å². The third kappa shape index (κ3) is 7.12. The molecule has 0 N–H and O–H groups in total. The van der Waals surface area contributed by atoms with Gasteiger partial charge in [-0.2, -0.15) is 0 Å². The summed E-state index contributed by atoms with van der Waals surface area (Å²) in [5, 5.41) is 0. The van der Waals surface area contributed by atoms with Crippen LogP contribution in [0, 0.1) is 0 Å². The first-order chi connectivity index (χ1) is 7.26. The quantitative estimate of drug-likeness (QED) is 0.311. The summed E-state index contributed by atoms with van der Waals surface area (Å²) in [6.45, 7) is 7.94. The summed E-state index contributed by atoms with van der Waals surface area (Å²) < 4.78 is 0. The molecule has 0 saturated carbocycles. The third-order valence-electron chi connectivity index (χ3n) is 2.44. The second kappa shape index (κ2) is 9.70. The van der Waals surface area contributed by atoms with E-state index in [0.717, 1.165) is 31.3 Å². The molecular weight excluding hydrogens is 184 g/mol. The van der Waals surface area contributed by atoms with Gasteiger partial charge >= 0.3 is 0 Å². The average Bonchev–Trinajstić information content (AvgIpc) is 2.23. The van der Waals surface area contributed by atoms with E-state index in [1.807, 2.05) is 0 Å². The molecule has 0 unspecified atom stereocenters. The predicted molar refractivity (Wildman–Crippen MR) is 67.0 cm³/mol. The van der Waals surface area contributed by atoms with Crippen LogP contribution in [0.2, 0.25) is 0 Å². The van der Waals surface area contributed by atoms with E-state index in [1.165, 1.54) is 12.8 Å². The van der Waals surface area contributed by atoms with E-state index in [4.69, 9.17) is 0 Å². The minimum atomic E-state index is 0.259. The topological polar surface area (TPSA) is 17.1 Å². The van der Waals surface area contributed by atoms with Gasteiger partial charge in [-0.15, -0.1) is 6.58 Å². The molecule has 0 spiro atoms. The van der Waals surface area contributed by atoms with Crippen LogP contribution in [0.3, 0.4) is 0 Å². The predicted octanol–water partition coefficient (Wildman–Crippen LogP) is 4.44. The van der Waals surface area contributed by atoms with Crippen molar-refractivity contribution < 1.29 is 4.79 Å². The zero-order valence-electron chi connectivity index (χ0n) is 10.2. The van der Waals surface area contributed by atoms with Gasteiger partial charge in [-0.05, 0) is 24.8 Å². The van der Waals surface area contributed by atoms with Crippen molar-refractivity contribution in [2.45, 2.75) is 58.8 Å². The fraction of sp³-hybridized carbons (Fsp3) is 0.643. The van der Waals surface area contributed by atoms with Crippen LogP contribution < -0.4 is 0 Å². The monoisotopic (exact) mass is 208 g/mol. The maximum atomic E-state index is 11.7.